The molecule has 1 aromatic heterocycles. The number of ether oxygens (including phenoxy) is 1. The number of likely N-dealkylation sites (N-methyl/N-ethyl adjacent to an activating group) is 1. The Morgan fingerprint density at radius 1 is 1.34 bits per heavy atom. The van der Waals surface area contributed by atoms with Crippen LogP contribution in [0.15, 0.2) is 36.0 Å². The Morgan fingerprint density at radius 3 is 2.79 bits per heavy atom. The van der Waals surface area contributed by atoms with Crippen LogP contribution in [-0.4, -0.2) is 65.4 Å². The van der Waals surface area contributed by atoms with E-state index in [2.05, 4.69) is 35.1 Å². The topological polar surface area (TPSA) is 98.5 Å². The van der Waals surface area contributed by atoms with E-state index in [-0.39, 0.29) is 0 Å². The van der Waals surface area contributed by atoms with Crippen molar-refractivity contribution in [1.82, 2.24) is 24.6 Å². The predicted octanol–water partition coefficient (Wildman–Crippen LogP) is 1.54. The zero-order valence-electron chi connectivity index (χ0n) is 17.7. The standard InChI is InChI=1S/C21H31N7O/c1-5-18(22)28-20(13-15-7-6-8-17(29-4)21(15)23)24-19(25-28)10-12-27-11-9-16(14-27)26(2)3/h5-9H,10-14,22-23H2,1-4H3/b18-5-. The number of anilines is 1. The lowest BCUT2D eigenvalue weighted by Crippen LogP contribution is -2.26. The number of nitrogen functional groups attached to an aromatic ring is 1. The molecule has 156 valence electrons. The van der Waals surface area contributed by atoms with Crippen LogP contribution >= 0.6 is 0 Å². The summed E-state index contributed by atoms with van der Waals surface area (Å²) in [6.07, 6.45) is 5.38. The third kappa shape index (κ3) is 4.71. The number of aromatic nitrogens is 3. The fourth-order valence-corrected chi connectivity index (χ4v) is 3.38. The highest BCUT2D eigenvalue weighted by atomic mass is 16.5. The molecule has 2 aromatic rings. The van der Waals surface area contributed by atoms with E-state index in [1.807, 2.05) is 31.2 Å². The number of para-hydroxylation sites is 1. The van der Waals surface area contributed by atoms with Gasteiger partial charge in [-0.05, 0) is 30.7 Å². The number of methoxy groups -OCH3 is 1. The zero-order chi connectivity index (χ0) is 21.0. The Morgan fingerprint density at radius 2 is 2.14 bits per heavy atom. The molecule has 1 aliphatic rings. The normalized spacial score (nSPS) is 14.9. The maximum Gasteiger partial charge on any atom is 0.152 e. The fraction of sp³-hybridized carbons (Fsp3) is 0.429. The van der Waals surface area contributed by atoms with Gasteiger partial charge in [0.1, 0.15) is 17.4 Å². The first-order valence-electron chi connectivity index (χ1n) is 9.80. The Balaban J connectivity index is 1.75. The van der Waals surface area contributed by atoms with Crippen LogP contribution in [-0.2, 0) is 12.8 Å². The van der Waals surface area contributed by atoms with Gasteiger partial charge in [-0.15, -0.1) is 5.10 Å². The maximum atomic E-state index is 6.24. The molecule has 0 atom stereocenters. The molecule has 4 N–H and O–H groups in total. The fourth-order valence-electron chi connectivity index (χ4n) is 3.38. The maximum absolute atomic E-state index is 6.24. The van der Waals surface area contributed by atoms with Gasteiger partial charge >= 0.3 is 0 Å². The van der Waals surface area contributed by atoms with Crippen molar-refractivity contribution >= 4 is 11.5 Å². The van der Waals surface area contributed by atoms with Crippen molar-refractivity contribution in [3.63, 3.8) is 0 Å². The van der Waals surface area contributed by atoms with Crippen molar-refractivity contribution in [3.8, 4) is 5.75 Å². The van der Waals surface area contributed by atoms with Crippen LogP contribution in [0.5, 0.6) is 5.75 Å². The Labute approximate surface area is 172 Å². The van der Waals surface area contributed by atoms with E-state index < -0.39 is 0 Å². The smallest absolute Gasteiger partial charge is 0.152 e. The van der Waals surface area contributed by atoms with Gasteiger partial charge in [-0.1, -0.05) is 12.1 Å². The van der Waals surface area contributed by atoms with Gasteiger partial charge in [-0.25, -0.2) is 9.67 Å². The van der Waals surface area contributed by atoms with Gasteiger partial charge in [0, 0.05) is 52.3 Å². The summed E-state index contributed by atoms with van der Waals surface area (Å²) in [4.78, 5) is 9.31. The lowest BCUT2D eigenvalue weighted by Gasteiger charge is -2.18. The molecule has 0 saturated heterocycles. The van der Waals surface area contributed by atoms with Crippen LogP contribution in [0.3, 0.4) is 0 Å². The molecular formula is C21H31N7O. The van der Waals surface area contributed by atoms with Crippen LogP contribution in [0, 0.1) is 0 Å². The summed E-state index contributed by atoms with van der Waals surface area (Å²) in [5.74, 6) is 2.76. The minimum atomic E-state index is 0.528. The monoisotopic (exact) mass is 397 g/mol. The van der Waals surface area contributed by atoms with E-state index >= 15 is 0 Å². The van der Waals surface area contributed by atoms with E-state index in [4.69, 9.17) is 21.2 Å². The first-order chi connectivity index (χ1) is 13.9. The number of hydrogen-bond acceptors (Lipinski definition) is 7. The first-order valence-corrected chi connectivity index (χ1v) is 9.80. The van der Waals surface area contributed by atoms with E-state index in [0.717, 1.165) is 43.3 Å². The number of allylic oxidation sites excluding steroid dienone is 1. The second kappa shape index (κ2) is 9.00. The van der Waals surface area contributed by atoms with Gasteiger partial charge in [0.15, 0.2) is 5.82 Å². The molecule has 0 bridgehead atoms. The highest BCUT2D eigenvalue weighted by Crippen LogP contribution is 2.26. The van der Waals surface area contributed by atoms with Gasteiger partial charge in [0.25, 0.3) is 0 Å². The molecule has 0 saturated carbocycles. The quantitative estimate of drug-likeness (QED) is 0.652. The summed E-state index contributed by atoms with van der Waals surface area (Å²) in [5, 5.41) is 4.65. The summed E-state index contributed by atoms with van der Waals surface area (Å²) in [6.45, 7) is 4.70. The largest absolute Gasteiger partial charge is 0.495 e. The van der Waals surface area contributed by atoms with Crippen LogP contribution in [0.2, 0.25) is 0 Å². The minimum absolute atomic E-state index is 0.528. The third-order valence-corrected chi connectivity index (χ3v) is 5.18. The summed E-state index contributed by atoms with van der Waals surface area (Å²) >= 11 is 0. The predicted molar refractivity (Wildman–Crippen MR) is 116 cm³/mol. The molecule has 1 aliphatic heterocycles. The average Bonchev–Trinajstić information content (AvgIpc) is 3.34. The van der Waals surface area contributed by atoms with Gasteiger partial charge in [0.2, 0.25) is 0 Å². The molecule has 2 heterocycles. The van der Waals surface area contributed by atoms with Crippen molar-refractivity contribution in [2.45, 2.75) is 19.8 Å². The van der Waals surface area contributed by atoms with Gasteiger partial charge in [-0.3, -0.25) is 4.90 Å². The second-order valence-electron chi connectivity index (χ2n) is 7.35. The molecule has 0 unspecified atom stereocenters. The van der Waals surface area contributed by atoms with Crippen molar-refractivity contribution in [2.24, 2.45) is 5.73 Å². The van der Waals surface area contributed by atoms with Crippen molar-refractivity contribution in [1.29, 1.82) is 0 Å². The molecule has 29 heavy (non-hydrogen) atoms. The Kier molecular flexibility index (Phi) is 6.43. The number of nitrogens with two attached hydrogens (primary N) is 2. The first kappa shape index (κ1) is 20.7. The summed E-state index contributed by atoms with van der Waals surface area (Å²) in [5.41, 5.74) is 15.3. The molecule has 3 rings (SSSR count). The lowest BCUT2D eigenvalue weighted by atomic mass is 10.1. The molecule has 8 nitrogen and oxygen atoms in total. The molecule has 0 aliphatic carbocycles. The Hall–Kier alpha value is -3.00. The molecule has 0 radical (unpaired) electrons. The van der Waals surface area contributed by atoms with Crippen molar-refractivity contribution in [3.05, 3.63) is 53.3 Å². The van der Waals surface area contributed by atoms with Crippen LogP contribution in [0.1, 0.15) is 24.1 Å². The molecule has 0 amide bonds. The van der Waals surface area contributed by atoms with Crippen molar-refractivity contribution in [2.75, 3.05) is 46.6 Å². The van der Waals surface area contributed by atoms with Gasteiger partial charge in [0.05, 0.1) is 12.8 Å². The number of hydrogen-bond donors (Lipinski definition) is 2. The summed E-state index contributed by atoms with van der Waals surface area (Å²) in [7, 11) is 5.77. The number of nitrogens with zero attached hydrogens (tertiary/aromatic N) is 5. The highest BCUT2D eigenvalue weighted by molar-refractivity contribution is 5.59. The van der Waals surface area contributed by atoms with E-state index in [1.165, 1.54) is 5.70 Å². The van der Waals surface area contributed by atoms with Gasteiger partial charge < -0.3 is 21.1 Å². The molecule has 8 heteroatoms. The molecular weight excluding hydrogens is 366 g/mol. The average molecular weight is 398 g/mol. The summed E-state index contributed by atoms with van der Waals surface area (Å²) < 4.78 is 7.04. The SMILES string of the molecule is C/C=C(/N)n1nc(CCN2CC=C(N(C)C)C2)nc1Cc1cccc(OC)c1N. The third-order valence-electron chi connectivity index (χ3n) is 5.18. The second-order valence-corrected chi connectivity index (χ2v) is 7.35. The van der Waals surface area contributed by atoms with Crippen molar-refractivity contribution < 1.29 is 4.74 Å². The summed E-state index contributed by atoms with van der Waals surface area (Å²) in [6, 6.07) is 5.75. The molecule has 1 aromatic carbocycles. The zero-order valence-corrected chi connectivity index (χ0v) is 17.7. The van der Waals surface area contributed by atoms with E-state index in [0.29, 0.717) is 23.7 Å². The van der Waals surface area contributed by atoms with Crippen LogP contribution < -0.4 is 16.2 Å². The molecule has 0 spiro atoms. The lowest BCUT2D eigenvalue weighted by molar-refractivity contribution is 0.329. The van der Waals surface area contributed by atoms with Crippen LogP contribution in [0.4, 0.5) is 5.69 Å². The minimum Gasteiger partial charge on any atom is -0.495 e. The number of rotatable bonds is 8. The van der Waals surface area contributed by atoms with Gasteiger partial charge in [-0.2, -0.15) is 0 Å². The Bertz CT molecular complexity index is 914. The number of benzene rings is 1. The van der Waals surface area contributed by atoms with E-state index in [1.54, 1.807) is 11.8 Å². The van der Waals surface area contributed by atoms with E-state index in [9.17, 15) is 0 Å². The van der Waals surface area contributed by atoms with Crippen LogP contribution in [0.25, 0.3) is 5.82 Å². The molecule has 0 fully saturated rings. The highest BCUT2D eigenvalue weighted by Gasteiger charge is 2.18.